The summed E-state index contributed by atoms with van der Waals surface area (Å²) in [5, 5.41) is 4.77. The fourth-order valence-electron chi connectivity index (χ4n) is 2.56. The van der Waals surface area contributed by atoms with Gasteiger partial charge in [0, 0.05) is 5.69 Å². The van der Waals surface area contributed by atoms with E-state index in [9.17, 15) is 19.2 Å². The monoisotopic (exact) mass is 396 g/mol. The molecule has 0 aliphatic rings. The van der Waals surface area contributed by atoms with E-state index in [0.717, 1.165) is 0 Å². The lowest BCUT2D eigenvalue weighted by Gasteiger charge is -2.11. The molecule has 0 aliphatic carbocycles. The Morgan fingerprint density at radius 3 is 2.34 bits per heavy atom. The fourth-order valence-corrected chi connectivity index (χ4v) is 2.56. The van der Waals surface area contributed by atoms with E-state index in [0.29, 0.717) is 16.7 Å². The highest BCUT2D eigenvalue weighted by Gasteiger charge is 2.21. The molecule has 0 spiro atoms. The second-order valence-corrected chi connectivity index (χ2v) is 5.79. The summed E-state index contributed by atoms with van der Waals surface area (Å²) in [6, 6.07) is 8.73. The van der Waals surface area contributed by atoms with Crippen LogP contribution in [0.15, 0.2) is 42.7 Å². The number of hydrogen-bond acceptors (Lipinski definition) is 7. The summed E-state index contributed by atoms with van der Waals surface area (Å²) in [6.45, 7) is 0. The highest BCUT2D eigenvalue weighted by Crippen LogP contribution is 2.20. The molecule has 0 unspecified atom stereocenters. The number of H-pyrrole nitrogens is 1. The molecule has 1 aromatic heterocycles. The van der Waals surface area contributed by atoms with Gasteiger partial charge in [0.25, 0.3) is 0 Å². The number of anilines is 2. The highest BCUT2D eigenvalue weighted by atomic mass is 16.5. The van der Waals surface area contributed by atoms with Crippen molar-refractivity contribution in [2.24, 2.45) is 0 Å². The zero-order valence-corrected chi connectivity index (χ0v) is 15.4. The van der Waals surface area contributed by atoms with Crippen LogP contribution < -0.4 is 10.6 Å². The second-order valence-electron chi connectivity index (χ2n) is 5.79. The van der Waals surface area contributed by atoms with Gasteiger partial charge in [-0.05, 0) is 36.4 Å². The molecule has 10 nitrogen and oxygen atoms in total. The maximum atomic E-state index is 12.3. The zero-order chi connectivity index (χ0) is 21.0. The van der Waals surface area contributed by atoms with Crippen molar-refractivity contribution in [1.29, 1.82) is 0 Å². The first-order chi connectivity index (χ1) is 13.9. The molecule has 0 radical (unpaired) electrons. The average Bonchev–Trinajstić information content (AvgIpc) is 3.20. The van der Waals surface area contributed by atoms with Crippen molar-refractivity contribution in [3.63, 3.8) is 0 Å². The number of methoxy groups -OCH3 is 2. The Labute approximate surface area is 164 Å². The van der Waals surface area contributed by atoms with Crippen LogP contribution >= 0.6 is 0 Å². The molecule has 3 N–H and O–H groups in total. The summed E-state index contributed by atoms with van der Waals surface area (Å²) in [6.07, 6.45) is 1.51. The van der Waals surface area contributed by atoms with Crippen molar-refractivity contribution in [2.45, 2.75) is 0 Å². The number of nitrogens with one attached hydrogen (secondary N) is 3. The Bertz CT molecular complexity index is 1120. The summed E-state index contributed by atoms with van der Waals surface area (Å²) in [5.74, 6) is -3.43. The first-order valence-corrected chi connectivity index (χ1v) is 8.29. The number of fused-ring (bicyclic) bond motifs is 1. The third kappa shape index (κ3) is 4.21. The highest BCUT2D eigenvalue weighted by molar-refractivity contribution is 6.44. The maximum Gasteiger partial charge on any atom is 0.339 e. The molecule has 2 aromatic carbocycles. The summed E-state index contributed by atoms with van der Waals surface area (Å²) >= 11 is 0. The van der Waals surface area contributed by atoms with E-state index in [1.54, 1.807) is 18.2 Å². The smallest absolute Gasteiger partial charge is 0.339 e. The number of carbonyl (C=O) groups excluding carboxylic acids is 4. The quantitative estimate of drug-likeness (QED) is 0.450. The summed E-state index contributed by atoms with van der Waals surface area (Å²) < 4.78 is 9.28. The number of hydrogen-bond donors (Lipinski definition) is 3. The number of imidazole rings is 1. The van der Waals surface area contributed by atoms with Gasteiger partial charge >= 0.3 is 23.8 Å². The van der Waals surface area contributed by atoms with E-state index in [1.807, 2.05) is 0 Å². The zero-order valence-electron chi connectivity index (χ0n) is 15.4. The standard InChI is InChI=1S/C19H16N4O6/c1-28-18(26)10-3-5-12(19(27)29-2)14(7-10)23-17(25)16(24)22-11-4-6-13-15(8-11)21-9-20-13/h3-9H,1-2H3,(H,20,21)(H,22,24)(H,23,25). The van der Waals surface area contributed by atoms with Crippen LogP contribution in [0.4, 0.5) is 11.4 Å². The number of aromatic amines is 1. The van der Waals surface area contributed by atoms with E-state index in [-0.39, 0.29) is 16.8 Å². The van der Waals surface area contributed by atoms with Gasteiger partial charge in [-0.2, -0.15) is 0 Å². The van der Waals surface area contributed by atoms with Gasteiger partial charge < -0.3 is 25.1 Å². The van der Waals surface area contributed by atoms with Gasteiger partial charge in [0.1, 0.15) is 0 Å². The molecule has 0 atom stereocenters. The Morgan fingerprint density at radius 1 is 0.897 bits per heavy atom. The van der Waals surface area contributed by atoms with Gasteiger partial charge in [-0.1, -0.05) is 0 Å². The van der Waals surface area contributed by atoms with Gasteiger partial charge in [-0.3, -0.25) is 9.59 Å². The number of benzene rings is 2. The molecule has 0 bridgehead atoms. The minimum absolute atomic E-state index is 0.0276. The number of carbonyl (C=O) groups is 4. The van der Waals surface area contributed by atoms with E-state index >= 15 is 0 Å². The van der Waals surface area contributed by atoms with Crippen LogP contribution in [0.25, 0.3) is 11.0 Å². The molecule has 0 aliphatic heterocycles. The number of ether oxygens (including phenoxy) is 2. The predicted octanol–water partition coefficient (Wildman–Crippen LogP) is 1.71. The van der Waals surface area contributed by atoms with Crippen molar-refractivity contribution < 1.29 is 28.7 Å². The van der Waals surface area contributed by atoms with Gasteiger partial charge in [0.05, 0.1) is 48.4 Å². The Kier molecular flexibility index (Phi) is 5.54. The summed E-state index contributed by atoms with van der Waals surface area (Å²) in [5.41, 5.74) is 1.75. The molecule has 3 aromatic rings. The lowest BCUT2D eigenvalue weighted by atomic mass is 10.1. The molecule has 0 fully saturated rings. The van der Waals surface area contributed by atoms with E-state index in [2.05, 4.69) is 30.1 Å². The lowest BCUT2D eigenvalue weighted by molar-refractivity contribution is -0.133. The summed E-state index contributed by atoms with van der Waals surface area (Å²) in [4.78, 5) is 55.2. The second kappa shape index (κ2) is 8.21. The number of aromatic nitrogens is 2. The maximum absolute atomic E-state index is 12.3. The molecular weight excluding hydrogens is 380 g/mol. The van der Waals surface area contributed by atoms with Crippen LogP contribution in [0, 0.1) is 0 Å². The van der Waals surface area contributed by atoms with Crippen molar-refractivity contribution in [3.8, 4) is 0 Å². The minimum Gasteiger partial charge on any atom is -0.465 e. The minimum atomic E-state index is -1.04. The Hall–Kier alpha value is -4.21. The van der Waals surface area contributed by atoms with E-state index < -0.39 is 23.8 Å². The SMILES string of the molecule is COC(=O)c1ccc(C(=O)OC)c(NC(=O)C(=O)Nc2ccc3nc[nH]c3c2)c1. The topological polar surface area (TPSA) is 139 Å². The first-order valence-electron chi connectivity index (χ1n) is 8.29. The Morgan fingerprint density at radius 2 is 1.62 bits per heavy atom. The van der Waals surface area contributed by atoms with Crippen LogP contribution in [0.1, 0.15) is 20.7 Å². The van der Waals surface area contributed by atoms with Crippen molar-refractivity contribution in [1.82, 2.24) is 9.97 Å². The molecule has 2 amide bonds. The molecular formula is C19H16N4O6. The molecule has 148 valence electrons. The van der Waals surface area contributed by atoms with Crippen LogP contribution in [0.5, 0.6) is 0 Å². The van der Waals surface area contributed by atoms with Crippen molar-refractivity contribution in [2.75, 3.05) is 24.9 Å². The van der Waals surface area contributed by atoms with Gasteiger partial charge in [-0.25, -0.2) is 14.6 Å². The molecule has 3 rings (SSSR count). The number of nitrogens with zero attached hydrogens (tertiary/aromatic N) is 1. The van der Waals surface area contributed by atoms with Crippen LogP contribution in [-0.2, 0) is 19.1 Å². The number of esters is 2. The van der Waals surface area contributed by atoms with Gasteiger partial charge in [0.15, 0.2) is 0 Å². The van der Waals surface area contributed by atoms with Crippen LogP contribution in [0.3, 0.4) is 0 Å². The van der Waals surface area contributed by atoms with Gasteiger partial charge in [-0.15, -0.1) is 0 Å². The van der Waals surface area contributed by atoms with Crippen LogP contribution in [-0.4, -0.2) is 47.9 Å². The molecule has 10 heteroatoms. The normalized spacial score (nSPS) is 10.3. The van der Waals surface area contributed by atoms with Crippen molar-refractivity contribution >= 4 is 46.2 Å². The average molecular weight is 396 g/mol. The lowest BCUT2D eigenvalue weighted by Crippen LogP contribution is -2.30. The first kappa shape index (κ1) is 19.5. The van der Waals surface area contributed by atoms with Crippen molar-refractivity contribution in [3.05, 3.63) is 53.9 Å². The summed E-state index contributed by atoms with van der Waals surface area (Å²) in [7, 11) is 2.36. The van der Waals surface area contributed by atoms with Crippen LogP contribution in [0.2, 0.25) is 0 Å². The molecule has 0 saturated heterocycles. The van der Waals surface area contributed by atoms with E-state index in [4.69, 9.17) is 0 Å². The Balaban J connectivity index is 1.81. The largest absolute Gasteiger partial charge is 0.465 e. The number of amides is 2. The number of rotatable bonds is 4. The fraction of sp³-hybridized carbons (Fsp3) is 0.105. The molecule has 0 saturated carbocycles. The molecule has 29 heavy (non-hydrogen) atoms. The van der Waals surface area contributed by atoms with E-state index in [1.165, 1.54) is 38.7 Å². The third-order valence-corrected chi connectivity index (χ3v) is 3.98. The molecule has 1 heterocycles. The predicted molar refractivity (Wildman–Crippen MR) is 102 cm³/mol. The van der Waals surface area contributed by atoms with Gasteiger partial charge in [0.2, 0.25) is 0 Å². The third-order valence-electron chi connectivity index (χ3n) is 3.98.